The Morgan fingerprint density at radius 2 is 1.94 bits per heavy atom. The van der Waals surface area contributed by atoms with Crippen molar-refractivity contribution in [1.82, 2.24) is 5.32 Å². The topological polar surface area (TPSA) is 12.0 Å². The van der Waals surface area contributed by atoms with Crippen molar-refractivity contribution < 1.29 is 0 Å². The van der Waals surface area contributed by atoms with Gasteiger partial charge in [0.05, 0.1) is 0 Å². The second-order valence-electron chi connectivity index (χ2n) is 5.90. The lowest BCUT2D eigenvalue weighted by Crippen LogP contribution is -2.34. The summed E-state index contributed by atoms with van der Waals surface area (Å²) in [4.78, 5) is 0. The molecule has 2 rings (SSSR count). The maximum absolute atomic E-state index is 3.60. The second-order valence-corrected chi connectivity index (χ2v) is 5.90. The Labute approximate surface area is 112 Å². The van der Waals surface area contributed by atoms with Gasteiger partial charge in [-0.05, 0) is 61.3 Å². The van der Waals surface area contributed by atoms with E-state index in [1.54, 1.807) is 11.1 Å². The Bertz CT molecular complexity index is 381. The van der Waals surface area contributed by atoms with Gasteiger partial charge in [-0.2, -0.15) is 0 Å². The summed E-state index contributed by atoms with van der Waals surface area (Å²) in [5, 5.41) is 3.60. The third-order valence-electron chi connectivity index (χ3n) is 4.18. The zero-order valence-electron chi connectivity index (χ0n) is 12.1. The first-order chi connectivity index (χ1) is 8.70. The lowest BCUT2D eigenvalue weighted by Gasteiger charge is -2.21. The molecule has 1 aromatic rings. The Morgan fingerprint density at radius 3 is 2.67 bits per heavy atom. The van der Waals surface area contributed by atoms with E-state index in [0.717, 1.165) is 12.5 Å². The van der Waals surface area contributed by atoms with Gasteiger partial charge in [0.15, 0.2) is 0 Å². The summed E-state index contributed by atoms with van der Waals surface area (Å²) >= 11 is 0. The van der Waals surface area contributed by atoms with E-state index in [9.17, 15) is 0 Å². The maximum Gasteiger partial charge on any atom is 0.00931 e. The predicted octanol–water partition coefficient (Wildman–Crippen LogP) is 3.74. The minimum atomic E-state index is 0.656. The van der Waals surface area contributed by atoms with Gasteiger partial charge in [0.1, 0.15) is 0 Å². The Hall–Kier alpha value is -0.820. The van der Waals surface area contributed by atoms with E-state index in [1.165, 1.54) is 37.7 Å². The van der Waals surface area contributed by atoms with Crippen molar-refractivity contribution in [2.75, 3.05) is 6.54 Å². The molecule has 0 fully saturated rings. The Morgan fingerprint density at radius 1 is 1.17 bits per heavy atom. The zero-order chi connectivity index (χ0) is 13.0. The van der Waals surface area contributed by atoms with Crippen LogP contribution in [-0.2, 0) is 19.3 Å². The quantitative estimate of drug-likeness (QED) is 0.805. The third-order valence-corrected chi connectivity index (χ3v) is 4.18. The number of rotatable bonds is 6. The van der Waals surface area contributed by atoms with Crippen LogP contribution in [0.5, 0.6) is 0 Å². The smallest absolute Gasteiger partial charge is 0.00931 e. The van der Waals surface area contributed by atoms with Crippen molar-refractivity contribution >= 4 is 0 Å². The molecule has 1 aliphatic rings. The van der Waals surface area contributed by atoms with Crippen molar-refractivity contribution in [3.05, 3.63) is 34.9 Å². The molecule has 100 valence electrons. The van der Waals surface area contributed by atoms with Crippen molar-refractivity contribution in [3.8, 4) is 0 Å². The van der Waals surface area contributed by atoms with Crippen LogP contribution < -0.4 is 5.32 Å². The van der Waals surface area contributed by atoms with Gasteiger partial charge in [-0.15, -0.1) is 0 Å². The predicted molar refractivity (Wildman–Crippen MR) is 79.1 cm³/mol. The van der Waals surface area contributed by atoms with Crippen LogP contribution >= 0.6 is 0 Å². The summed E-state index contributed by atoms with van der Waals surface area (Å²) < 4.78 is 0. The lowest BCUT2D eigenvalue weighted by molar-refractivity contribution is 0.385. The van der Waals surface area contributed by atoms with Gasteiger partial charge in [-0.1, -0.05) is 39.0 Å². The molecule has 1 unspecified atom stereocenters. The fourth-order valence-electron chi connectivity index (χ4n) is 3.04. The molecule has 0 aliphatic heterocycles. The van der Waals surface area contributed by atoms with Gasteiger partial charge in [-0.3, -0.25) is 0 Å². The SMILES string of the molecule is CCNC(CCc1ccc2c(c1)CCC2)C(C)C. The summed E-state index contributed by atoms with van der Waals surface area (Å²) in [7, 11) is 0. The van der Waals surface area contributed by atoms with Gasteiger partial charge >= 0.3 is 0 Å². The van der Waals surface area contributed by atoms with Crippen molar-refractivity contribution in [1.29, 1.82) is 0 Å². The molecule has 0 heterocycles. The maximum atomic E-state index is 3.60. The molecule has 1 N–H and O–H groups in total. The molecule has 0 amide bonds. The molecule has 0 saturated heterocycles. The minimum Gasteiger partial charge on any atom is -0.314 e. The number of hydrogen-bond donors (Lipinski definition) is 1. The monoisotopic (exact) mass is 245 g/mol. The van der Waals surface area contributed by atoms with Crippen LogP contribution in [-0.4, -0.2) is 12.6 Å². The molecule has 0 spiro atoms. The molecule has 1 nitrogen and oxygen atoms in total. The molecular formula is C17H27N. The van der Waals surface area contributed by atoms with Gasteiger partial charge < -0.3 is 5.32 Å². The van der Waals surface area contributed by atoms with Crippen molar-refractivity contribution in [2.24, 2.45) is 5.92 Å². The van der Waals surface area contributed by atoms with Crippen LogP contribution in [0.1, 0.15) is 50.3 Å². The van der Waals surface area contributed by atoms with Gasteiger partial charge in [-0.25, -0.2) is 0 Å². The first-order valence-electron chi connectivity index (χ1n) is 7.54. The highest BCUT2D eigenvalue weighted by Crippen LogP contribution is 2.23. The number of fused-ring (bicyclic) bond motifs is 1. The highest BCUT2D eigenvalue weighted by molar-refractivity contribution is 5.35. The van der Waals surface area contributed by atoms with E-state index in [0.29, 0.717) is 6.04 Å². The summed E-state index contributed by atoms with van der Waals surface area (Å²) in [6.45, 7) is 7.91. The minimum absolute atomic E-state index is 0.656. The van der Waals surface area contributed by atoms with Crippen LogP contribution in [0, 0.1) is 5.92 Å². The molecule has 1 atom stereocenters. The van der Waals surface area contributed by atoms with E-state index in [1.807, 2.05) is 0 Å². The first kappa shape index (κ1) is 13.6. The Kier molecular flexibility index (Phi) is 4.82. The standard InChI is InChI=1S/C17H27N/c1-4-18-17(13(2)3)11-9-14-8-10-15-6-5-7-16(15)12-14/h8,10,12-13,17-18H,4-7,9,11H2,1-3H3. The van der Waals surface area contributed by atoms with E-state index in [-0.39, 0.29) is 0 Å². The van der Waals surface area contributed by atoms with E-state index < -0.39 is 0 Å². The van der Waals surface area contributed by atoms with Crippen LogP contribution in [0.15, 0.2) is 18.2 Å². The molecule has 0 radical (unpaired) electrons. The third kappa shape index (κ3) is 3.35. The lowest BCUT2D eigenvalue weighted by atomic mass is 9.95. The summed E-state index contributed by atoms with van der Waals surface area (Å²) in [5.41, 5.74) is 4.72. The molecule has 0 saturated carbocycles. The van der Waals surface area contributed by atoms with Crippen molar-refractivity contribution in [3.63, 3.8) is 0 Å². The van der Waals surface area contributed by atoms with Gasteiger partial charge in [0.25, 0.3) is 0 Å². The highest BCUT2D eigenvalue weighted by Gasteiger charge is 2.14. The zero-order valence-corrected chi connectivity index (χ0v) is 12.1. The average molecular weight is 245 g/mol. The summed E-state index contributed by atoms with van der Waals surface area (Å²) in [6, 6.07) is 7.80. The van der Waals surface area contributed by atoms with Gasteiger partial charge in [0.2, 0.25) is 0 Å². The molecular weight excluding hydrogens is 218 g/mol. The van der Waals surface area contributed by atoms with E-state index in [4.69, 9.17) is 0 Å². The Balaban J connectivity index is 1.93. The molecule has 18 heavy (non-hydrogen) atoms. The van der Waals surface area contributed by atoms with Crippen LogP contribution in [0.25, 0.3) is 0 Å². The molecule has 1 heteroatoms. The summed E-state index contributed by atoms with van der Waals surface area (Å²) in [6.07, 6.45) is 6.41. The van der Waals surface area contributed by atoms with E-state index >= 15 is 0 Å². The molecule has 0 aromatic heterocycles. The van der Waals surface area contributed by atoms with E-state index in [2.05, 4.69) is 44.3 Å². The molecule has 1 aliphatic carbocycles. The number of benzene rings is 1. The normalized spacial score (nSPS) is 16.0. The first-order valence-corrected chi connectivity index (χ1v) is 7.54. The van der Waals surface area contributed by atoms with Crippen LogP contribution in [0.2, 0.25) is 0 Å². The van der Waals surface area contributed by atoms with Crippen molar-refractivity contribution in [2.45, 2.75) is 58.9 Å². The molecule has 0 bridgehead atoms. The highest BCUT2D eigenvalue weighted by atomic mass is 14.9. The molecule has 1 aromatic carbocycles. The fraction of sp³-hybridized carbons (Fsp3) is 0.647. The average Bonchev–Trinajstić information content (AvgIpc) is 2.81. The summed E-state index contributed by atoms with van der Waals surface area (Å²) in [5.74, 6) is 0.722. The second kappa shape index (κ2) is 6.38. The fourth-order valence-corrected chi connectivity index (χ4v) is 3.04. The van der Waals surface area contributed by atoms with Gasteiger partial charge in [0, 0.05) is 6.04 Å². The van der Waals surface area contributed by atoms with Crippen LogP contribution in [0.4, 0.5) is 0 Å². The van der Waals surface area contributed by atoms with Crippen LogP contribution in [0.3, 0.4) is 0 Å². The number of aryl methyl sites for hydroxylation is 3. The number of nitrogens with one attached hydrogen (secondary N) is 1. The number of hydrogen-bond acceptors (Lipinski definition) is 1. The largest absolute Gasteiger partial charge is 0.314 e.